The minimum atomic E-state index is -4.74. The van der Waals surface area contributed by atoms with E-state index in [1.165, 1.54) is 25.6 Å². The van der Waals surface area contributed by atoms with E-state index in [4.69, 9.17) is 32.7 Å². The number of aryl methyl sites for hydroxylation is 1. The van der Waals surface area contributed by atoms with Gasteiger partial charge in [0.15, 0.2) is 5.82 Å². The second-order valence-corrected chi connectivity index (χ2v) is 10.6. The molecule has 0 bridgehead atoms. The number of alkyl halides is 3. The summed E-state index contributed by atoms with van der Waals surface area (Å²) >= 11 is 12.2. The summed E-state index contributed by atoms with van der Waals surface area (Å²) in [5.74, 6) is 0.0143. The fourth-order valence-electron chi connectivity index (χ4n) is 5.11. The maximum Gasteiger partial charge on any atom is 0.418 e. The molecule has 4 aromatic rings. The first-order valence-corrected chi connectivity index (χ1v) is 13.3. The zero-order valence-electron chi connectivity index (χ0n) is 22.0. The molecule has 0 saturated carbocycles. The lowest BCUT2D eigenvalue weighted by molar-refractivity contribution is -0.230. The van der Waals surface area contributed by atoms with Gasteiger partial charge in [-0.05, 0) is 49.7 Å². The molecule has 6 atom stereocenters. The van der Waals surface area contributed by atoms with E-state index >= 15 is 0 Å². The Bertz CT molecular complexity index is 1540. The van der Waals surface area contributed by atoms with Crippen LogP contribution in [0.2, 0.25) is 10.0 Å². The molecule has 2 aromatic carbocycles. The lowest BCUT2D eigenvalue weighted by Gasteiger charge is -2.45. The van der Waals surface area contributed by atoms with E-state index in [-0.39, 0.29) is 16.7 Å². The van der Waals surface area contributed by atoms with Gasteiger partial charge in [0, 0.05) is 28.9 Å². The summed E-state index contributed by atoms with van der Waals surface area (Å²) in [4.78, 5) is 4.34. The number of halogens is 5. The molecule has 0 aliphatic carbocycles. The predicted octanol–water partition coefficient (Wildman–Crippen LogP) is 5.20. The van der Waals surface area contributed by atoms with E-state index in [1.54, 1.807) is 30.6 Å². The van der Waals surface area contributed by atoms with Crippen LogP contribution in [0.4, 0.5) is 13.2 Å². The number of aliphatic hydroxyl groups excluding tert-OH is 2. The van der Waals surface area contributed by atoms with Gasteiger partial charge in [0.1, 0.15) is 36.3 Å². The Morgan fingerprint density at radius 3 is 2.49 bits per heavy atom. The molecule has 0 spiro atoms. The van der Waals surface area contributed by atoms with Gasteiger partial charge in [0.25, 0.3) is 0 Å². The predicted molar refractivity (Wildman–Crippen MR) is 144 cm³/mol. The average molecular weight is 612 g/mol. The topological polar surface area (TPSA) is 107 Å². The van der Waals surface area contributed by atoms with Crippen molar-refractivity contribution in [1.29, 1.82) is 0 Å². The highest BCUT2D eigenvalue weighted by Crippen LogP contribution is 2.42. The highest BCUT2D eigenvalue weighted by atomic mass is 35.5. The molecule has 3 unspecified atom stereocenters. The van der Waals surface area contributed by atoms with Crippen LogP contribution in [0.1, 0.15) is 36.3 Å². The van der Waals surface area contributed by atoms with Gasteiger partial charge in [-0.15, -0.1) is 0 Å². The van der Waals surface area contributed by atoms with E-state index in [0.717, 1.165) is 28.4 Å². The van der Waals surface area contributed by atoms with E-state index < -0.39 is 54.0 Å². The van der Waals surface area contributed by atoms with Crippen molar-refractivity contribution in [3.05, 3.63) is 82.1 Å². The monoisotopic (exact) mass is 611 g/mol. The van der Waals surface area contributed by atoms with Crippen molar-refractivity contribution in [2.75, 3.05) is 7.11 Å². The average Bonchev–Trinajstić information content (AvgIpc) is 3.54. The second kappa shape index (κ2) is 11.3. The van der Waals surface area contributed by atoms with Crippen molar-refractivity contribution in [2.45, 2.75) is 56.6 Å². The number of nitrogens with zero attached hydrogens (tertiary/aromatic N) is 5. The lowest BCUT2D eigenvalue weighted by atomic mass is 9.89. The molecule has 218 valence electrons. The minimum Gasteiger partial charge on any atom is -0.391 e. The Balaban J connectivity index is 1.62. The number of methoxy groups -OCH3 is 1. The molecule has 41 heavy (non-hydrogen) atoms. The SMILES string of the molecule is CO[C@H]1C(C(C)O)O[C@@H](c2nc(C)nn2-c2cc(Cl)ccc2C(F)(F)F)[C@@H](O)C1n1cc(-c2cccc(Cl)c2)cn1. The quantitative estimate of drug-likeness (QED) is 0.308. The van der Waals surface area contributed by atoms with Crippen molar-refractivity contribution >= 4 is 23.2 Å². The van der Waals surface area contributed by atoms with Gasteiger partial charge < -0.3 is 19.7 Å². The van der Waals surface area contributed by atoms with Gasteiger partial charge in [-0.1, -0.05) is 35.3 Å². The molecule has 5 rings (SSSR count). The molecular formula is C27H26Cl2F3N5O4. The van der Waals surface area contributed by atoms with Crippen LogP contribution < -0.4 is 0 Å². The van der Waals surface area contributed by atoms with E-state index in [2.05, 4.69) is 15.2 Å². The summed E-state index contributed by atoms with van der Waals surface area (Å²) < 4.78 is 56.2. The maximum atomic E-state index is 14.0. The summed E-state index contributed by atoms with van der Waals surface area (Å²) in [7, 11) is 1.40. The molecule has 3 heterocycles. The zero-order chi connectivity index (χ0) is 29.6. The summed E-state index contributed by atoms with van der Waals surface area (Å²) in [5, 5.41) is 31.6. The molecule has 1 aliphatic rings. The van der Waals surface area contributed by atoms with Gasteiger partial charge in [-0.2, -0.15) is 23.4 Å². The van der Waals surface area contributed by atoms with Gasteiger partial charge in [-0.25, -0.2) is 9.67 Å². The molecule has 2 aromatic heterocycles. The molecule has 1 aliphatic heterocycles. The summed E-state index contributed by atoms with van der Waals surface area (Å²) in [6.07, 6.45) is -7.28. The normalized spacial score (nSPS) is 24.0. The van der Waals surface area contributed by atoms with Crippen molar-refractivity contribution in [2.24, 2.45) is 0 Å². The Kier molecular flexibility index (Phi) is 8.16. The third-order valence-electron chi connectivity index (χ3n) is 6.92. The Labute approximate surface area is 243 Å². The largest absolute Gasteiger partial charge is 0.418 e. The van der Waals surface area contributed by atoms with E-state index in [1.807, 2.05) is 6.07 Å². The van der Waals surface area contributed by atoms with Gasteiger partial charge in [0.2, 0.25) is 0 Å². The molecule has 1 fully saturated rings. The first kappa shape index (κ1) is 29.5. The molecule has 0 radical (unpaired) electrons. The van der Waals surface area contributed by atoms with Gasteiger partial charge in [0.05, 0.1) is 23.6 Å². The van der Waals surface area contributed by atoms with Crippen molar-refractivity contribution in [3.8, 4) is 16.8 Å². The zero-order valence-corrected chi connectivity index (χ0v) is 23.5. The fourth-order valence-corrected chi connectivity index (χ4v) is 5.46. The molecule has 2 N–H and O–H groups in total. The minimum absolute atomic E-state index is 0.0430. The first-order valence-electron chi connectivity index (χ1n) is 12.5. The Morgan fingerprint density at radius 2 is 1.83 bits per heavy atom. The van der Waals surface area contributed by atoms with Crippen LogP contribution in [-0.2, 0) is 15.7 Å². The van der Waals surface area contributed by atoms with Crippen LogP contribution in [0, 0.1) is 6.92 Å². The number of hydrogen-bond acceptors (Lipinski definition) is 7. The molecule has 0 amide bonds. The van der Waals surface area contributed by atoms with Gasteiger partial charge >= 0.3 is 6.18 Å². The molecule has 14 heteroatoms. The summed E-state index contributed by atoms with van der Waals surface area (Å²) in [6.45, 7) is 2.98. The lowest BCUT2D eigenvalue weighted by Crippen LogP contribution is -2.56. The number of aliphatic hydroxyl groups is 2. The number of ether oxygens (including phenoxy) is 2. The highest BCUT2D eigenvalue weighted by molar-refractivity contribution is 6.31. The van der Waals surface area contributed by atoms with E-state index in [9.17, 15) is 23.4 Å². The Hall–Kier alpha value is -3.00. The molecular weight excluding hydrogens is 586 g/mol. The summed E-state index contributed by atoms with van der Waals surface area (Å²) in [5.41, 5.74) is 0.0746. The van der Waals surface area contributed by atoms with Gasteiger partial charge in [-0.3, -0.25) is 4.68 Å². The van der Waals surface area contributed by atoms with Crippen LogP contribution in [0.5, 0.6) is 0 Å². The molecule has 9 nitrogen and oxygen atoms in total. The summed E-state index contributed by atoms with van der Waals surface area (Å²) in [6, 6.07) is 9.27. The smallest absolute Gasteiger partial charge is 0.391 e. The van der Waals surface area contributed by atoms with Crippen molar-refractivity contribution in [3.63, 3.8) is 0 Å². The third-order valence-corrected chi connectivity index (χ3v) is 7.39. The second-order valence-electron chi connectivity index (χ2n) is 9.75. The number of hydrogen-bond donors (Lipinski definition) is 2. The number of aromatic nitrogens is 5. The van der Waals surface area contributed by atoms with Crippen molar-refractivity contribution < 1.29 is 32.9 Å². The van der Waals surface area contributed by atoms with Crippen molar-refractivity contribution in [1.82, 2.24) is 24.5 Å². The van der Waals surface area contributed by atoms with Crippen LogP contribution in [0.3, 0.4) is 0 Å². The van der Waals surface area contributed by atoms with E-state index in [0.29, 0.717) is 10.6 Å². The highest BCUT2D eigenvalue weighted by Gasteiger charge is 2.51. The van der Waals surface area contributed by atoms with Crippen LogP contribution in [-0.4, -0.2) is 66.3 Å². The number of benzene rings is 2. The molecule has 1 saturated heterocycles. The van der Waals surface area contributed by atoms with Crippen LogP contribution in [0.25, 0.3) is 16.8 Å². The van der Waals surface area contributed by atoms with Crippen LogP contribution in [0.15, 0.2) is 54.9 Å². The first-order chi connectivity index (χ1) is 19.4. The Morgan fingerprint density at radius 1 is 1.10 bits per heavy atom. The fraction of sp³-hybridized carbons (Fsp3) is 0.370. The maximum absolute atomic E-state index is 14.0. The number of rotatable bonds is 6. The van der Waals surface area contributed by atoms with Crippen LogP contribution >= 0.6 is 23.2 Å². The standard InChI is InChI=1S/C27H26Cl2F3N5O4/c1-13(38)23-24(40-3)21(36-12-16(11-33-36)15-5-4-6-17(28)9-15)22(39)25(41-23)26-34-14(2)35-37(26)20-10-18(29)7-8-19(20)27(30,31)32/h4-13,21-25,38-39H,1-3H3/t13?,21?,22-,23?,24+,25+/m0/s1. The third kappa shape index (κ3) is 5.72.